The first kappa shape index (κ1) is 15.4. The third-order valence-corrected chi connectivity index (χ3v) is 4.81. The van der Waals surface area contributed by atoms with Crippen LogP contribution < -0.4 is 10.2 Å². The molecule has 1 aliphatic rings. The molecule has 4 nitrogen and oxygen atoms in total. The summed E-state index contributed by atoms with van der Waals surface area (Å²) < 4.78 is 1.73. The van der Waals surface area contributed by atoms with Crippen molar-refractivity contribution in [3.63, 3.8) is 0 Å². The Morgan fingerprint density at radius 2 is 2.14 bits per heavy atom. The number of aromatic nitrogens is 2. The van der Waals surface area contributed by atoms with Gasteiger partial charge in [0.15, 0.2) is 0 Å². The monoisotopic (exact) mass is 318 g/mol. The topological polar surface area (TPSA) is 33.1 Å². The molecule has 2 aromatic rings. The highest BCUT2D eigenvalue weighted by atomic mass is 35.5. The van der Waals surface area contributed by atoms with E-state index in [0.29, 0.717) is 0 Å². The highest BCUT2D eigenvalue weighted by Gasteiger charge is 2.17. The summed E-state index contributed by atoms with van der Waals surface area (Å²) in [7, 11) is 1.88. The third kappa shape index (κ3) is 3.13. The van der Waals surface area contributed by atoms with Crippen molar-refractivity contribution in [2.24, 2.45) is 7.05 Å². The van der Waals surface area contributed by atoms with Gasteiger partial charge in [0.05, 0.1) is 5.69 Å². The predicted molar refractivity (Wildman–Crippen MR) is 91.6 cm³/mol. The molecule has 2 heterocycles. The number of rotatable bonds is 6. The quantitative estimate of drug-likeness (QED) is 0.831. The molecule has 0 aliphatic carbocycles. The number of benzene rings is 1. The molecule has 1 aromatic heterocycles. The number of hydrogen-bond acceptors (Lipinski definition) is 3. The molecule has 0 unspecified atom stereocenters. The molecule has 118 valence electrons. The molecule has 0 radical (unpaired) electrons. The zero-order valence-corrected chi connectivity index (χ0v) is 14.0. The van der Waals surface area contributed by atoms with Crippen molar-refractivity contribution in [2.75, 3.05) is 24.5 Å². The number of fused-ring (bicyclic) bond motifs is 1. The fourth-order valence-electron chi connectivity index (χ4n) is 3.12. The van der Waals surface area contributed by atoms with E-state index in [1.54, 1.807) is 4.68 Å². The van der Waals surface area contributed by atoms with Crippen molar-refractivity contribution < 1.29 is 0 Å². The molecule has 1 aliphatic heterocycles. The Kier molecular flexibility index (Phi) is 4.69. The van der Waals surface area contributed by atoms with E-state index in [4.69, 9.17) is 11.6 Å². The first-order valence-corrected chi connectivity index (χ1v) is 8.26. The van der Waals surface area contributed by atoms with Gasteiger partial charge in [-0.05, 0) is 37.9 Å². The Labute approximate surface area is 137 Å². The van der Waals surface area contributed by atoms with Gasteiger partial charge in [0, 0.05) is 37.9 Å². The molecule has 0 spiro atoms. The molecule has 1 N–H and O–H groups in total. The summed E-state index contributed by atoms with van der Waals surface area (Å²) in [5, 5.41) is 8.55. The number of aryl methyl sites for hydroxylation is 2. The summed E-state index contributed by atoms with van der Waals surface area (Å²) in [4.78, 5) is 2.49. The molecule has 0 atom stereocenters. The molecule has 0 saturated heterocycles. The van der Waals surface area contributed by atoms with Crippen LogP contribution in [0, 0.1) is 6.92 Å². The van der Waals surface area contributed by atoms with Gasteiger partial charge in [-0.15, -0.1) is 0 Å². The summed E-state index contributed by atoms with van der Waals surface area (Å²) in [5.74, 6) is 0. The largest absolute Gasteiger partial charge is 0.371 e. The minimum atomic E-state index is 0.735. The van der Waals surface area contributed by atoms with Gasteiger partial charge in [0.1, 0.15) is 5.15 Å². The lowest BCUT2D eigenvalue weighted by Gasteiger charge is -2.19. The van der Waals surface area contributed by atoms with Crippen LogP contribution in [-0.2, 0) is 20.0 Å². The Morgan fingerprint density at radius 1 is 1.32 bits per heavy atom. The van der Waals surface area contributed by atoms with Gasteiger partial charge in [0.25, 0.3) is 0 Å². The second-order valence-corrected chi connectivity index (χ2v) is 6.23. The van der Waals surface area contributed by atoms with Gasteiger partial charge >= 0.3 is 0 Å². The standard InChI is InChI=1S/C17H23ClN4/c1-13-15(17(18)21(2)20-13)12-19-9-5-10-22-11-8-14-6-3-4-7-16(14)22/h3-4,6-7,19H,5,8-12H2,1-2H3. The van der Waals surface area contributed by atoms with Crippen molar-refractivity contribution in [3.8, 4) is 0 Å². The lowest BCUT2D eigenvalue weighted by molar-refractivity contribution is 0.637. The lowest BCUT2D eigenvalue weighted by atomic mass is 10.2. The number of halogens is 1. The summed E-state index contributed by atoms with van der Waals surface area (Å²) >= 11 is 6.24. The van der Waals surface area contributed by atoms with Gasteiger partial charge in [-0.1, -0.05) is 29.8 Å². The fraction of sp³-hybridized carbons (Fsp3) is 0.471. The van der Waals surface area contributed by atoms with Crippen LogP contribution in [0.15, 0.2) is 24.3 Å². The fourth-order valence-corrected chi connectivity index (χ4v) is 3.36. The van der Waals surface area contributed by atoms with E-state index in [1.165, 1.54) is 17.7 Å². The van der Waals surface area contributed by atoms with Crippen LogP contribution >= 0.6 is 11.6 Å². The molecular weight excluding hydrogens is 296 g/mol. The summed E-state index contributed by atoms with van der Waals surface area (Å²) in [5.41, 5.74) is 5.01. The first-order valence-electron chi connectivity index (χ1n) is 7.88. The molecule has 0 saturated carbocycles. The maximum atomic E-state index is 6.24. The van der Waals surface area contributed by atoms with Crippen LogP contribution in [0.1, 0.15) is 23.2 Å². The van der Waals surface area contributed by atoms with E-state index < -0.39 is 0 Å². The number of nitrogens with zero attached hydrogens (tertiary/aromatic N) is 3. The van der Waals surface area contributed by atoms with Crippen LogP contribution in [0.2, 0.25) is 5.15 Å². The molecule has 0 amide bonds. The van der Waals surface area contributed by atoms with E-state index >= 15 is 0 Å². The van der Waals surface area contributed by atoms with Crippen LogP contribution in [0.25, 0.3) is 0 Å². The second kappa shape index (κ2) is 6.71. The van der Waals surface area contributed by atoms with Crippen molar-refractivity contribution in [1.82, 2.24) is 15.1 Å². The van der Waals surface area contributed by atoms with E-state index in [0.717, 1.165) is 49.0 Å². The summed E-state index contributed by atoms with van der Waals surface area (Å²) in [6.07, 6.45) is 2.30. The molecule has 0 bridgehead atoms. The number of para-hydroxylation sites is 1. The average molecular weight is 319 g/mol. The van der Waals surface area contributed by atoms with E-state index in [9.17, 15) is 0 Å². The number of nitrogens with one attached hydrogen (secondary N) is 1. The Balaban J connectivity index is 1.43. The van der Waals surface area contributed by atoms with Crippen LogP contribution in [-0.4, -0.2) is 29.4 Å². The van der Waals surface area contributed by atoms with Crippen molar-refractivity contribution in [3.05, 3.63) is 46.2 Å². The smallest absolute Gasteiger partial charge is 0.131 e. The van der Waals surface area contributed by atoms with Crippen LogP contribution in [0.5, 0.6) is 0 Å². The Morgan fingerprint density at radius 3 is 2.91 bits per heavy atom. The van der Waals surface area contributed by atoms with Crippen molar-refractivity contribution >= 4 is 17.3 Å². The minimum absolute atomic E-state index is 0.735. The van der Waals surface area contributed by atoms with Gasteiger partial charge in [-0.25, -0.2) is 0 Å². The van der Waals surface area contributed by atoms with Gasteiger partial charge in [0.2, 0.25) is 0 Å². The van der Waals surface area contributed by atoms with Crippen LogP contribution in [0.4, 0.5) is 5.69 Å². The maximum absolute atomic E-state index is 6.24. The highest BCUT2D eigenvalue weighted by molar-refractivity contribution is 6.30. The average Bonchev–Trinajstić information content (AvgIpc) is 3.03. The molecule has 5 heteroatoms. The third-order valence-electron chi connectivity index (χ3n) is 4.34. The predicted octanol–water partition coefficient (Wildman–Crippen LogP) is 2.92. The molecule has 0 fully saturated rings. The normalized spacial score (nSPS) is 13.7. The molecule has 22 heavy (non-hydrogen) atoms. The summed E-state index contributed by atoms with van der Waals surface area (Å²) in [6, 6.07) is 8.72. The molecule has 1 aromatic carbocycles. The molecule has 3 rings (SSSR count). The maximum Gasteiger partial charge on any atom is 0.131 e. The zero-order valence-electron chi connectivity index (χ0n) is 13.3. The van der Waals surface area contributed by atoms with E-state index in [-0.39, 0.29) is 0 Å². The van der Waals surface area contributed by atoms with Gasteiger partial charge < -0.3 is 10.2 Å². The lowest BCUT2D eigenvalue weighted by Crippen LogP contribution is -2.25. The van der Waals surface area contributed by atoms with E-state index in [1.807, 2.05) is 14.0 Å². The number of hydrogen-bond donors (Lipinski definition) is 1. The highest BCUT2D eigenvalue weighted by Crippen LogP contribution is 2.27. The Bertz CT molecular complexity index is 650. The van der Waals surface area contributed by atoms with Crippen LogP contribution in [0.3, 0.4) is 0 Å². The zero-order chi connectivity index (χ0) is 15.5. The summed E-state index contributed by atoms with van der Waals surface area (Å²) in [6.45, 7) is 6.03. The molecular formula is C17H23ClN4. The van der Waals surface area contributed by atoms with Crippen molar-refractivity contribution in [1.29, 1.82) is 0 Å². The van der Waals surface area contributed by atoms with E-state index in [2.05, 4.69) is 39.6 Å². The number of anilines is 1. The van der Waals surface area contributed by atoms with Gasteiger partial charge in [-0.3, -0.25) is 4.68 Å². The minimum Gasteiger partial charge on any atom is -0.371 e. The van der Waals surface area contributed by atoms with Gasteiger partial charge in [-0.2, -0.15) is 5.10 Å². The first-order chi connectivity index (χ1) is 10.7. The second-order valence-electron chi connectivity index (χ2n) is 5.87. The SMILES string of the molecule is Cc1nn(C)c(Cl)c1CNCCCN1CCc2ccccc21. The van der Waals surface area contributed by atoms with Crippen molar-refractivity contribution in [2.45, 2.75) is 26.3 Å². The Hall–Kier alpha value is -1.52.